The first kappa shape index (κ1) is 12.7. The Balaban J connectivity index is 2.25. The molecule has 0 atom stereocenters. The number of carbonyl (C=O) groups excluding carboxylic acids is 1. The molecule has 0 saturated carbocycles. The summed E-state index contributed by atoms with van der Waals surface area (Å²) in [6.45, 7) is 5.04. The second kappa shape index (κ2) is 6.25. The van der Waals surface area contributed by atoms with E-state index in [4.69, 9.17) is 4.74 Å². The molecule has 1 amide bonds. The molecule has 0 aliphatic heterocycles. The van der Waals surface area contributed by atoms with Gasteiger partial charge in [0.15, 0.2) is 0 Å². The van der Waals surface area contributed by atoms with Crippen molar-refractivity contribution in [2.45, 2.75) is 20.0 Å². The summed E-state index contributed by atoms with van der Waals surface area (Å²) in [6, 6.07) is 3.66. The molecule has 0 bridgehead atoms. The summed E-state index contributed by atoms with van der Waals surface area (Å²) in [6.07, 6.45) is 0.206. The lowest BCUT2D eigenvalue weighted by atomic mass is 10.4. The Hall–Kier alpha value is -0.390. The van der Waals surface area contributed by atoms with Gasteiger partial charge in [-0.25, -0.2) is 0 Å². The highest BCUT2D eigenvalue weighted by atomic mass is 79.9. The Morgan fingerprint density at radius 3 is 2.87 bits per heavy atom. The molecule has 1 N–H and O–H groups in total. The van der Waals surface area contributed by atoms with Crippen molar-refractivity contribution in [3.63, 3.8) is 0 Å². The van der Waals surface area contributed by atoms with Crippen molar-refractivity contribution in [2.24, 2.45) is 0 Å². The van der Waals surface area contributed by atoms with Gasteiger partial charge in [-0.05, 0) is 41.9 Å². The number of carbonyl (C=O) groups is 1. The summed E-state index contributed by atoms with van der Waals surface area (Å²) in [7, 11) is 0. The quantitative estimate of drug-likeness (QED) is 0.847. The lowest BCUT2D eigenvalue weighted by Crippen LogP contribution is -2.27. The van der Waals surface area contributed by atoms with Crippen molar-refractivity contribution in [1.82, 2.24) is 5.32 Å². The Morgan fingerprint density at radius 1 is 1.60 bits per heavy atom. The predicted molar refractivity (Wildman–Crippen MR) is 65.4 cm³/mol. The first-order valence-electron chi connectivity index (χ1n) is 4.74. The second-order valence-electron chi connectivity index (χ2n) is 3.28. The van der Waals surface area contributed by atoms with Gasteiger partial charge in [0.2, 0.25) is 0 Å². The summed E-state index contributed by atoms with van der Waals surface area (Å²) >= 11 is 4.74. The number of halogens is 1. The van der Waals surface area contributed by atoms with Gasteiger partial charge in [-0.3, -0.25) is 4.79 Å². The lowest BCUT2D eigenvalue weighted by Gasteiger charge is -2.07. The molecule has 0 spiro atoms. The van der Waals surface area contributed by atoms with Gasteiger partial charge in [-0.2, -0.15) is 0 Å². The van der Waals surface area contributed by atoms with E-state index in [9.17, 15) is 4.79 Å². The monoisotopic (exact) mass is 291 g/mol. The van der Waals surface area contributed by atoms with E-state index in [1.54, 1.807) is 6.07 Å². The van der Waals surface area contributed by atoms with Crippen LogP contribution in [0.1, 0.15) is 23.5 Å². The molecule has 84 valence electrons. The first-order chi connectivity index (χ1) is 7.09. The molecule has 0 aliphatic carbocycles. The SMILES string of the molecule is CC(C)OCCNC(=O)c1ccc(Br)s1. The normalized spacial score (nSPS) is 10.7. The maximum atomic E-state index is 11.5. The standard InChI is InChI=1S/C10H14BrNO2S/c1-7(2)14-6-5-12-10(13)8-3-4-9(11)15-8/h3-4,7H,5-6H2,1-2H3,(H,12,13). The summed E-state index contributed by atoms with van der Waals surface area (Å²) in [5.74, 6) is -0.0435. The predicted octanol–water partition coefficient (Wildman–Crippen LogP) is 2.67. The number of nitrogens with one attached hydrogen (secondary N) is 1. The molecule has 1 heterocycles. The summed E-state index contributed by atoms with van der Waals surface area (Å²) in [5.41, 5.74) is 0. The smallest absolute Gasteiger partial charge is 0.261 e. The number of ether oxygens (including phenoxy) is 1. The van der Waals surface area contributed by atoms with Crippen LogP contribution in [0.5, 0.6) is 0 Å². The van der Waals surface area contributed by atoms with E-state index in [0.717, 1.165) is 3.79 Å². The minimum absolute atomic E-state index is 0.0435. The van der Waals surface area contributed by atoms with Gasteiger partial charge < -0.3 is 10.1 Å². The molecule has 0 fully saturated rings. The van der Waals surface area contributed by atoms with E-state index in [0.29, 0.717) is 18.0 Å². The maximum Gasteiger partial charge on any atom is 0.261 e. The van der Waals surface area contributed by atoms with Crippen LogP contribution in [0.25, 0.3) is 0 Å². The highest BCUT2D eigenvalue weighted by molar-refractivity contribution is 9.11. The average Bonchev–Trinajstić information content (AvgIpc) is 2.59. The van der Waals surface area contributed by atoms with Gasteiger partial charge in [0.1, 0.15) is 0 Å². The van der Waals surface area contributed by atoms with Crippen molar-refractivity contribution in [3.8, 4) is 0 Å². The first-order valence-corrected chi connectivity index (χ1v) is 6.35. The number of thiophene rings is 1. The molecule has 1 aromatic heterocycles. The second-order valence-corrected chi connectivity index (χ2v) is 5.74. The van der Waals surface area contributed by atoms with Crippen molar-refractivity contribution in [1.29, 1.82) is 0 Å². The van der Waals surface area contributed by atoms with Crippen LogP contribution in [-0.2, 0) is 4.74 Å². The van der Waals surface area contributed by atoms with E-state index < -0.39 is 0 Å². The van der Waals surface area contributed by atoms with E-state index in [2.05, 4.69) is 21.2 Å². The Morgan fingerprint density at radius 2 is 2.33 bits per heavy atom. The highest BCUT2D eigenvalue weighted by Gasteiger charge is 2.07. The van der Waals surface area contributed by atoms with E-state index in [-0.39, 0.29) is 12.0 Å². The third kappa shape index (κ3) is 4.77. The van der Waals surface area contributed by atoms with E-state index in [1.807, 2.05) is 19.9 Å². The van der Waals surface area contributed by atoms with Crippen LogP contribution in [0.3, 0.4) is 0 Å². The van der Waals surface area contributed by atoms with Gasteiger partial charge in [-0.1, -0.05) is 0 Å². The van der Waals surface area contributed by atoms with Crippen molar-refractivity contribution < 1.29 is 9.53 Å². The topological polar surface area (TPSA) is 38.3 Å². The largest absolute Gasteiger partial charge is 0.377 e. The molecule has 0 aromatic carbocycles. The number of hydrogen-bond donors (Lipinski definition) is 1. The minimum atomic E-state index is -0.0435. The summed E-state index contributed by atoms with van der Waals surface area (Å²) < 4.78 is 6.28. The van der Waals surface area contributed by atoms with Crippen LogP contribution in [0.15, 0.2) is 15.9 Å². The van der Waals surface area contributed by atoms with Gasteiger partial charge in [-0.15, -0.1) is 11.3 Å². The van der Waals surface area contributed by atoms with E-state index in [1.165, 1.54) is 11.3 Å². The third-order valence-corrected chi connectivity index (χ3v) is 3.26. The zero-order valence-corrected chi connectivity index (χ0v) is 11.2. The van der Waals surface area contributed by atoms with Crippen LogP contribution in [0.2, 0.25) is 0 Å². The minimum Gasteiger partial charge on any atom is -0.377 e. The Bertz CT molecular complexity index is 325. The number of amides is 1. The van der Waals surface area contributed by atoms with Crippen LogP contribution < -0.4 is 5.32 Å². The van der Waals surface area contributed by atoms with Gasteiger partial charge >= 0.3 is 0 Å². The zero-order chi connectivity index (χ0) is 11.3. The number of hydrogen-bond acceptors (Lipinski definition) is 3. The van der Waals surface area contributed by atoms with Crippen LogP contribution >= 0.6 is 27.3 Å². The molecule has 0 aliphatic rings. The molecule has 3 nitrogen and oxygen atoms in total. The van der Waals surface area contributed by atoms with Crippen LogP contribution in [-0.4, -0.2) is 25.2 Å². The molecular weight excluding hydrogens is 278 g/mol. The molecule has 1 aromatic rings. The molecule has 15 heavy (non-hydrogen) atoms. The molecule has 5 heteroatoms. The highest BCUT2D eigenvalue weighted by Crippen LogP contribution is 2.21. The fourth-order valence-corrected chi connectivity index (χ4v) is 2.29. The maximum absolute atomic E-state index is 11.5. The lowest BCUT2D eigenvalue weighted by molar-refractivity contribution is 0.0748. The molecule has 0 saturated heterocycles. The molecule has 0 radical (unpaired) electrons. The molecule has 1 rings (SSSR count). The Kier molecular flexibility index (Phi) is 5.28. The van der Waals surface area contributed by atoms with Gasteiger partial charge in [0, 0.05) is 6.54 Å². The average molecular weight is 292 g/mol. The van der Waals surface area contributed by atoms with Gasteiger partial charge in [0.05, 0.1) is 21.4 Å². The molecular formula is C10H14BrNO2S. The third-order valence-electron chi connectivity index (χ3n) is 1.64. The van der Waals surface area contributed by atoms with Crippen LogP contribution in [0, 0.1) is 0 Å². The summed E-state index contributed by atoms with van der Waals surface area (Å²) in [5, 5.41) is 2.79. The zero-order valence-electron chi connectivity index (χ0n) is 8.75. The Labute approximate surface area is 102 Å². The van der Waals surface area contributed by atoms with Crippen molar-refractivity contribution in [3.05, 3.63) is 20.8 Å². The van der Waals surface area contributed by atoms with Crippen LogP contribution in [0.4, 0.5) is 0 Å². The molecule has 0 unspecified atom stereocenters. The fraction of sp³-hybridized carbons (Fsp3) is 0.500. The summed E-state index contributed by atoms with van der Waals surface area (Å²) in [4.78, 5) is 12.2. The van der Waals surface area contributed by atoms with E-state index >= 15 is 0 Å². The van der Waals surface area contributed by atoms with Crippen molar-refractivity contribution in [2.75, 3.05) is 13.2 Å². The number of rotatable bonds is 5. The fourth-order valence-electron chi connectivity index (χ4n) is 0.983. The van der Waals surface area contributed by atoms with Gasteiger partial charge in [0.25, 0.3) is 5.91 Å². The van der Waals surface area contributed by atoms with Crippen molar-refractivity contribution >= 4 is 33.2 Å².